The molecule has 0 fully saturated rings. The lowest BCUT2D eigenvalue weighted by Crippen LogP contribution is -2.38. The van der Waals surface area contributed by atoms with Crippen LogP contribution < -0.4 is 0 Å². The third-order valence-electron chi connectivity index (χ3n) is 1.69. The van der Waals surface area contributed by atoms with Gasteiger partial charge in [-0.3, -0.25) is 14.5 Å². The molecule has 2 amide bonds. The highest BCUT2D eigenvalue weighted by molar-refractivity contribution is 6.13. The van der Waals surface area contributed by atoms with E-state index < -0.39 is 17.9 Å². The Hall–Kier alpha value is -1.63. The molecule has 0 aromatic rings. The van der Waals surface area contributed by atoms with E-state index in [2.05, 4.69) is 0 Å². The summed E-state index contributed by atoms with van der Waals surface area (Å²) in [6, 6.07) is 1.27. The lowest BCUT2D eigenvalue weighted by atomic mass is 10.2. The van der Waals surface area contributed by atoms with Gasteiger partial charge in [-0.15, -0.1) is 0 Å². The molecule has 62 valence electrons. The molecule has 12 heavy (non-hydrogen) atoms. The van der Waals surface area contributed by atoms with Gasteiger partial charge in [-0.1, -0.05) is 6.92 Å². The predicted octanol–water partition coefficient (Wildman–Crippen LogP) is 0.214. The van der Waals surface area contributed by atoms with Crippen LogP contribution in [0.4, 0.5) is 0 Å². The average Bonchev–Trinajstić information content (AvgIpc) is 2.38. The normalized spacial score (nSPS) is 18.2. The van der Waals surface area contributed by atoms with Gasteiger partial charge < -0.3 is 0 Å². The van der Waals surface area contributed by atoms with Crippen molar-refractivity contribution in [1.82, 2.24) is 4.90 Å². The number of imide groups is 1. The van der Waals surface area contributed by atoms with Gasteiger partial charge in [-0.05, 0) is 6.42 Å². The Labute approximate surface area is 70.1 Å². The second kappa shape index (κ2) is 3.18. The van der Waals surface area contributed by atoms with E-state index in [0.717, 1.165) is 4.90 Å². The molecule has 1 aliphatic rings. The summed E-state index contributed by atoms with van der Waals surface area (Å²) in [5, 5.41) is 8.60. The maximum atomic E-state index is 11.0. The first-order valence-corrected chi connectivity index (χ1v) is 3.65. The summed E-state index contributed by atoms with van der Waals surface area (Å²) in [6.07, 6.45) is 2.83. The van der Waals surface area contributed by atoms with Crippen LogP contribution in [0.5, 0.6) is 0 Å². The Morgan fingerprint density at radius 1 is 1.50 bits per heavy atom. The molecule has 0 aromatic carbocycles. The SMILES string of the molecule is CCC(C#N)N1C(=O)C=CC1=O. The third-order valence-corrected chi connectivity index (χ3v) is 1.69. The van der Waals surface area contributed by atoms with E-state index in [4.69, 9.17) is 5.26 Å². The standard InChI is InChI=1S/C8H8N2O2/c1-2-6(5-9)10-7(11)3-4-8(10)12/h3-4,6H,2H2,1H3. The van der Waals surface area contributed by atoms with Crippen molar-refractivity contribution in [1.29, 1.82) is 5.26 Å². The van der Waals surface area contributed by atoms with Gasteiger partial charge in [0.25, 0.3) is 11.8 Å². The summed E-state index contributed by atoms with van der Waals surface area (Å²) < 4.78 is 0. The van der Waals surface area contributed by atoms with Gasteiger partial charge in [0.15, 0.2) is 0 Å². The molecule has 1 heterocycles. The fourth-order valence-corrected chi connectivity index (χ4v) is 1.05. The van der Waals surface area contributed by atoms with E-state index in [1.54, 1.807) is 6.92 Å². The Morgan fingerprint density at radius 3 is 2.33 bits per heavy atom. The van der Waals surface area contributed by atoms with Crippen molar-refractivity contribution >= 4 is 11.8 Å². The van der Waals surface area contributed by atoms with E-state index in [0.29, 0.717) is 6.42 Å². The molecule has 1 aliphatic heterocycles. The summed E-state index contributed by atoms with van der Waals surface area (Å²) >= 11 is 0. The van der Waals surface area contributed by atoms with Crippen LogP contribution in [-0.2, 0) is 9.59 Å². The van der Waals surface area contributed by atoms with Crippen LogP contribution in [0, 0.1) is 11.3 Å². The van der Waals surface area contributed by atoms with Crippen LogP contribution in [0.25, 0.3) is 0 Å². The minimum absolute atomic E-state index is 0.395. The first-order valence-electron chi connectivity index (χ1n) is 3.65. The van der Waals surface area contributed by atoms with Crippen molar-refractivity contribution in [2.75, 3.05) is 0 Å². The number of rotatable bonds is 2. The zero-order chi connectivity index (χ0) is 9.14. The van der Waals surface area contributed by atoms with E-state index in [1.165, 1.54) is 12.2 Å². The van der Waals surface area contributed by atoms with Crippen molar-refractivity contribution in [3.63, 3.8) is 0 Å². The molecule has 4 nitrogen and oxygen atoms in total. The summed E-state index contributed by atoms with van der Waals surface area (Å²) in [4.78, 5) is 23.0. The van der Waals surface area contributed by atoms with Crippen molar-refractivity contribution in [2.45, 2.75) is 19.4 Å². The lowest BCUT2D eigenvalue weighted by molar-refractivity contribution is -0.138. The highest BCUT2D eigenvalue weighted by Crippen LogP contribution is 2.10. The summed E-state index contributed by atoms with van der Waals surface area (Å²) in [5.74, 6) is -0.790. The molecular formula is C8H8N2O2. The minimum atomic E-state index is -0.625. The maximum Gasteiger partial charge on any atom is 0.254 e. The Morgan fingerprint density at radius 2 is 2.00 bits per heavy atom. The Bertz CT molecular complexity index is 270. The monoisotopic (exact) mass is 164 g/mol. The molecule has 0 N–H and O–H groups in total. The molecule has 0 aliphatic carbocycles. The molecule has 0 saturated carbocycles. The van der Waals surface area contributed by atoms with Crippen LogP contribution in [0.1, 0.15) is 13.3 Å². The van der Waals surface area contributed by atoms with Crippen LogP contribution in [0.3, 0.4) is 0 Å². The van der Waals surface area contributed by atoms with Gasteiger partial charge in [0.2, 0.25) is 0 Å². The second-order valence-corrected chi connectivity index (χ2v) is 2.43. The number of nitriles is 1. The number of carbonyl (C=O) groups is 2. The van der Waals surface area contributed by atoms with E-state index in [-0.39, 0.29) is 0 Å². The third kappa shape index (κ3) is 1.21. The summed E-state index contributed by atoms with van der Waals surface area (Å²) in [5.41, 5.74) is 0. The van der Waals surface area contributed by atoms with Crippen molar-refractivity contribution in [2.24, 2.45) is 0 Å². The molecule has 0 aromatic heterocycles. The highest BCUT2D eigenvalue weighted by atomic mass is 16.2. The molecule has 0 saturated heterocycles. The Balaban J connectivity index is 2.83. The fourth-order valence-electron chi connectivity index (χ4n) is 1.05. The molecule has 0 bridgehead atoms. The highest BCUT2D eigenvalue weighted by Gasteiger charge is 2.29. The zero-order valence-corrected chi connectivity index (χ0v) is 6.65. The quantitative estimate of drug-likeness (QED) is 0.548. The van der Waals surface area contributed by atoms with Crippen LogP contribution in [0.15, 0.2) is 12.2 Å². The number of hydrogen-bond donors (Lipinski definition) is 0. The largest absolute Gasteiger partial charge is 0.269 e. The molecule has 1 unspecified atom stereocenters. The molecule has 1 atom stereocenters. The number of nitrogens with zero attached hydrogens (tertiary/aromatic N) is 2. The van der Waals surface area contributed by atoms with E-state index >= 15 is 0 Å². The molecule has 0 spiro atoms. The van der Waals surface area contributed by atoms with E-state index in [1.807, 2.05) is 6.07 Å². The molecule has 4 heteroatoms. The van der Waals surface area contributed by atoms with Gasteiger partial charge in [-0.25, -0.2) is 0 Å². The van der Waals surface area contributed by atoms with Gasteiger partial charge in [0.05, 0.1) is 6.07 Å². The minimum Gasteiger partial charge on any atom is -0.269 e. The zero-order valence-electron chi connectivity index (χ0n) is 6.65. The Kier molecular flexibility index (Phi) is 2.24. The van der Waals surface area contributed by atoms with Crippen molar-refractivity contribution in [3.05, 3.63) is 12.2 Å². The molecular weight excluding hydrogens is 156 g/mol. The number of amides is 2. The summed E-state index contributed by atoms with van der Waals surface area (Å²) in [6.45, 7) is 1.76. The van der Waals surface area contributed by atoms with Gasteiger partial charge in [-0.2, -0.15) is 5.26 Å². The molecule has 0 radical (unpaired) electrons. The van der Waals surface area contributed by atoms with Crippen molar-refractivity contribution in [3.8, 4) is 6.07 Å². The van der Waals surface area contributed by atoms with Crippen LogP contribution in [0.2, 0.25) is 0 Å². The number of carbonyl (C=O) groups excluding carboxylic acids is 2. The predicted molar refractivity (Wildman–Crippen MR) is 40.7 cm³/mol. The summed E-state index contributed by atoms with van der Waals surface area (Å²) in [7, 11) is 0. The topological polar surface area (TPSA) is 61.2 Å². The second-order valence-electron chi connectivity index (χ2n) is 2.43. The first kappa shape index (κ1) is 8.47. The van der Waals surface area contributed by atoms with Gasteiger partial charge >= 0.3 is 0 Å². The van der Waals surface area contributed by atoms with Crippen LogP contribution in [-0.4, -0.2) is 22.8 Å². The van der Waals surface area contributed by atoms with Crippen molar-refractivity contribution < 1.29 is 9.59 Å². The first-order chi connectivity index (χ1) is 5.70. The lowest BCUT2D eigenvalue weighted by Gasteiger charge is -2.17. The van der Waals surface area contributed by atoms with E-state index in [9.17, 15) is 9.59 Å². The smallest absolute Gasteiger partial charge is 0.254 e. The molecule has 1 rings (SSSR count). The average molecular weight is 164 g/mol. The van der Waals surface area contributed by atoms with Gasteiger partial charge in [0, 0.05) is 12.2 Å². The number of hydrogen-bond acceptors (Lipinski definition) is 3. The maximum absolute atomic E-state index is 11.0. The van der Waals surface area contributed by atoms with Gasteiger partial charge in [0.1, 0.15) is 6.04 Å². The fraction of sp³-hybridized carbons (Fsp3) is 0.375. The van der Waals surface area contributed by atoms with Crippen LogP contribution >= 0.6 is 0 Å².